The Morgan fingerprint density at radius 2 is 2.00 bits per heavy atom. The second-order valence-electron chi connectivity index (χ2n) is 4.29. The van der Waals surface area contributed by atoms with Crippen molar-refractivity contribution in [2.24, 2.45) is 0 Å². The number of para-hydroxylation sites is 1. The Hall–Kier alpha value is -2.08. The first kappa shape index (κ1) is 12.0. The number of hydrogen-bond acceptors (Lipinski definition) is 6. The van der Waals surface area contributed by atoms with Gasteiger partial charge in [0.25, 0.3) is 11.8 Å². The minimum atomic E-state index is 0.534. The van der Waals surface area contributed by atoms with Crippen LogP contribution in [0.1, 0.15) is 0 Å². The molecular formula is C13H16N4O2. The van der Waals surface area contributed by atoms with E-state index >= 15 is 0 Å². The van der Waals surface area contributed by atoms with Crippen LogP contribution in [0.2, 0.25) is 0 Å². The zero-order valence-corrected chi connectivity index (χ0v) is 10.8. The van der Waals surface area contributed by atoms with Gasteiger partial charge >= 0.3 is 0 Å². The molecule has 1 aliphatic heterocycles. The molecule has 0 atom stereocenters. The van der Waals surface area contributed by atoms with Crippen molar-refractivity contribution in [2.45, 2.75) is 0 Å². The summed E-state index contributed by atoms with van der Waals surface area (Å²) >= 11 is 0. The van der Waals surface area contributed by atoms with Crippen molar-refractivity contribution in [1.82, 2.24) is 10.1 Å². The quantitative estimate of drug-likeness (QED) is 0.904. The lowest BCUT2D eigenvalue weighted by molar-refractivity contribution is 0.121. The van der Waals surface area contributed by atoms with E-state index in [1.165, 1.54) is 0 Å². The number of hydrogen-bond donors (Lipinski definition) is 1. The lowest BCUT2D eigenvalue weighted by Gasteiger charge is -2.24. The highest BCUT2D eigenvalue weighted by Gasteiger charge is 2.18. The Bertz CT molecular complexity index is 549. The number of nitrogens with zero attached hydrogens (tertiary/aromatic N) is 3. The summed E-state index contributed by atoms with van der Waals surface area (Å²) in [6, 6.07) is 7.86. The molecule has 1 fully saturated rings. The highest BCUT2D eigenvalue weighted by atomic mass is 16.5. The summed E-state index contributed by atoms with van der Waals surface area (Å²) in [5.74, 6) is 1.16. The summed E-state index contributed by atoms with van der Waals surface area (Å²) in [6.07, 6.45) is 0. The van der Waals surface area contributed by atoms with Crippen molar-refractivity contribution in [3.63, 3.8) is 0 Å². The fraction of sp³-hybridized carbons (Fsp3) is 0.385. The van der Waals surface area contributed by atoms with E-state index in [-0.39, 0.29) is 0 Å². The zero-order chi connectivity index (χ0) is 13.1. The number of morpholine rings is 1. The van der Waals surface area contributed by atoms with E-state index in [1.54, 1.807) is 0 Å². The second-order valence-corrected chi connectivity index (χ2v) is 4.29. The first-order valence-corrected chi connectivity index (χ1v) is 6.32. The maximum atomic E-state index is 5.36. The predicted octanol–water partition coefficient (Wildman–Crippen LogP) is 1.61. The summed E-state index contributed by atoms with van der Waals surface area (Å²) in [4.78, 5) is 6.53. The molecule has 1 aliphatic rings. The van der Waals surface area contributed by atoms with Crippen molar-refractivity contribution < 1.29 is 9.26 Å². The first-order valence-electron chi connectivity index (χ1n) is 6.32. The minimum absolute atomic E-state index is 0.534. The summed E-state index contributed by atoms with van der Waals surface area (Å²) in [5.41, 5.74) is 1.89. The lowest BCUT2D eigenvalue weighted by atomic mass is 10.2. The zero-order valence-electron chi connectivity index (χ0n) is 10.8. The number of anilines is 2. The molecule has 1 aromatic carbocycles. The van der Waals surface area contributed by atoms with Crippen molar-refractivity contribution in [3.05, 3.63) is 24.3 Å². The van der Waals surface area contributed by atoms with E-state index < -0.39 is 0 Å². The normalized spacial score (nSPS) is 15.5. The SMILES string of the molecule is CNc1ccccc1-c1nc(N2CCOCC2)no1. The van der Waals surface area contributed by atoms with Crippen molar-refractivity contribution >= 4 is 11.6 Å². The van der Waals surface area contributed by atoms with Gasteiger partial charge in [-0.1, -0.05) is 12.1 Å². The Morgan fingerprint density at radius 1 is 1.21 bits per heavy atom. The maximum Gasteiger partial charge on any atom is 0.266 e. The molecule has 0 radical (unpaired) electrons. The van der Waals surface area contributed by atoms with E-state index in [0.29, 0.717) is 25.1 Å². The molecule has 100 valence electrons. The monoisotopic (exact) mass is 260 g/mol. The van der Waals surface area contributed by atoms with Gasteiger partial charge in [-0.2, -0.15) is 4.98 Å². The third-order valence-electron chi connectivity index (χ3n) is 3.14. The molecular weight excluding hydrogens is 244 g/mol. The van der Waals surface area contributed by atoms with Gasteiger partial charge in [0.2, 0.25) is 0 Å². The number of aromatic nitrogens is 2. The third-order valence-corrected chi connectivity index (χ3v) is 3.14. The molecule has 2 heterocycles. The Kier molecular flexibility index (Phi) is 3.33. The van der Waals surface area contributed by atoms with E-state index in [9.17, 15) is 0 Å². The van der Waals surface area contributed by atoms with Gasteiger partial charge in [-0.3, -0.25) is 0 Å². The first-order chi connectivity index (χ1) is 9.38. The van der Waals surface area contributed by atoms with E-state index in [0.717, 1.165) is 24.3 Å². The third kappa shape index (κ3) is 2.39. The van der Waals surface area contributed by atoms with Crippen molar-refractivity contribution in [2.75, 3.05) is 43.6 Å². The van der Waals surface area contributed by atoms with Crippen LogP contribution in [-0.2, 0) is 4.74 Å². The van der Waals surface area contributed by atoms with Gasteiger partial charge in [0.15, 0.2) is 0 Å². The highest BCUT2D eigenvalue weighted by molar-refractivity contribution is 5.72. The maximum absolute atomic E-state index is 5.36. The smallest absolute Gasteiger partial charge is 0.266 e. The largest absolute Gasteiger partial charge is 0.387 e. The lowest BCUT2D eigenvalue weighted by Crippen LogP contribution is -2.36. The summed E-state index contributed by atoms with van der Waals surface area (Å²) in [5, 5.41) is 7.17. The number of nitrogens with one attached hydrogen (secondary N) is 1. The van der Waals surface area contributed by atoms with Gasteiger partial charge in [-0.15, -0.1) is 0 Å². The average molecular weight is 260 g/mol. The summed E-state index contributed by atoms with van der Waals surface area (Å²) < 4.78 is 10.7. The van der Waals surface area contributed by atoms with Crippen LogP contribution >= 0.6 is 0 Å². The molecule has 0 saturated carbocycles. The van der Waals surface area contributed by atoms with E-state index in [4.69, 9.17) is 9.26 Å². The summed E-state index contributed by atoms with van der Waals surface area (Å²) in [7, 11) is 1.87. The fourth-order valence-electron chi connectivity index (χ4n) is 2.10. The minimum Gasteiger partial charge on any atom is -0.387 e. The topological polar surface area (TPSA) is 63.4 Å². The van der Waals surface area contributed by atoms with Gasteiger partial charge in [0, 0.05) is 25.8 Å². The molecule has 6 heteroatoms. The van der Waals surface area contributed by atoms with Crippen LogP contribution in [0.4, 0.5) is 11.6 Å². The number of benzene rings is 1. The van der Waals surface area contributed by atoms with Gasteiger partial charge in [0.1, 0.15) is 0 Å². The molecule has 0 amide bonds. The Morgan fingerprint density at radius 3 is 2.79 bits per heavy atom. The van der Waals surface area contributed by atoms with Crippen LogP contribution in [0, 0.1) is 0 Å². The fourth-order valence-corrected chi connectivity index (χ4v) is 2.10. The van der Waals surface area contributed by atoms with Crippen LogP contribution in [0.15, 0.2) is 28.8 Å². The molecule has 6 nitrogen and oxygen atoms in total. The molecule has 0 unspecified atom stereocenters. The second kappa shape index (κ2) is 5.27. The van der Waals surface area contributed by atoms with E-state index in [1.807, 2.05) is 31.3 Å². The predicted molar refractivity (Wildman–Crippen MR) is 72.3 cm³/mol. The average Bonchev–Trinajstić information content (AvgIpc) is 2.98. The molecule has 1 saturated heterocycles. The van der Waals surface area contributed by atoms with Crippen LogP contribution in [0.25, 0.3) is 11.5 Å². The molecule has 0 spiro atoms. The van der Waals surface area contributed by atoms with Gasteiger partial charge < -0.3 is 19.5 Å². The van der Waals surface area contributed by atoms with Crippen LogP contribution < -0.4 is 10.2 Å². The van der Waals surface area contributed by atoms with Gasteiger partial charge in [-0.05, 0) is 17.3 Å². The Balaban J connectivity index is 1.88. The van der Waals surface area contributed by atoms with Gasteiger partial charge in [0.05, 0.1) is 18.8 Å². The molecule has 1 N–H and O–H groups in total. The summed E-state index contributed by atoms with van der Waals surface area (Å²) in [6.45, 7) is 3.01. The molecule has 19 heavy (non-hydrogen) atoms. The molecule has 0 aliphatic carbocycles. The number of ether oxygens (including phenoxy) is 1. The van der Waals surface area contributed by atoms with Gasteiger partial charge in [-0.25, -0.2) is 0 Å². The molecule has 0 bridgehead atoms. The van der Waals surface area contributed by atoms with Crippen molar-refractivity contribution in [1.29, 1.82) is 0 Å². The Labute approximate surface area is 111 Å². The van der Waals surface area contributed by atoms with Crippen LogP contribution in [0.5, 0.6) is 0 Å². The molecule has 2 aromatic rings. The standard InChI is InChI=1S/C13H16N4O2/c1-14-11-5-3-2-4-10(11)12-15-13(16-19-12)17-6-8-18-9-7-17/h2-5,14H,6-9H2,1H3. The van der Waals surface area contributed by atoms with Crippen molar-refractivity contribution in [3.8, 4) is 11.5 Å². The molecule has 1 aromatic heterocycles. The number of rotatable bonds is 3. The molecule has 3 rings (SSSR count). The van der Waals surface area contributed by atoms with Crippen LogP contribution in [-0.4, -0.2) is 43.5 Å². The highest BCUT2D eigenvalue weighted by Crippen LogP contribution is 2.27. The van der Waals surface area contributed by atoms with Crippen LogP contribution in [0.3, 0.4) is 0 Å². The van der Waals surface area contributed by atoms with E-state index in [2.05, 4.69) is 20.4 Å².